The lowest BCUT2D eigenvalue weighted by molar-refractivity contribution is -0.148. The summed E-state index contributed by atoms with van der Waals surface area (Å²) >= 11 is 0. The molecular weight excluding hydrogens is 949 g/mol. The Morgan fingerprint density at radius 1 is 0.479 bits per heavy atom. The van der Waals surface area contributed by atoms with Crippen LogP contribution in [0, 0.1) is 0 Å². The fraction of sp³-hybridized carbons (Fsp3) is 0.389. The lowest BCUT2D eigenvalue weighted by Gasteiger charge is -2.18. The molecule has 0 aliphatic rings. The summed E-state index contributed by atoms with van der Waals surface area (Å²) in [4.78, 5) is 88.8. The summed E-state index contributed by atoms with van der Waals surface area (Å²) < 4.78 is 52.8. The van der Waals surface area contributed by atoms with Crippen LogP contribution in [0.3, 0.4) is 0 Å². The Kier molecular flexibility index (Phi) is 26.3. The smallest absolute Gasteiger partial charge is 0.328 e. The molecule has 19 nitrogen and oxygen atoms in total. The molecule has 0 fully saturated rings. The maximum absolute atomic E-state index is 13.2. The number of rotatable bonds is 33. The Hall–Kier alpha value is -7.61. The van der Waals surface area contributed by atoms with Crippen molar-refractivity contribution in [3.8, 4) is 23.0 Å². The van der Waals surface area contributed by atoms with E-state index in [-0.39, 0.29) is 69.8 Å². The summed E-state index contributed by atoms with van der Waals surface area (Å²) in [5.41, 5.74) is 1.96. The number of methoxy groups -OCH3 is 1. The Balaban J connectivity index is 1.16. The first-order valence-electron chi connectivity index (χ1n) is 23.9. The molecule has 0 saturated carbocycles. The number of hydrogen-bond acceptors (Lipinski definition) is 17. The van der Waals surface area contributed by atoms with E-state index in [9.17, 15) is 33.6 Å². The van der Waals surface area contributed by atoms with Gasteiger partial charge in [0.1, 0.15) is 41.7 Å². The molecule has 0 saturated heterocycles. The van der Waals surface area contributed by atoms with E-state index in [1.807, 2.05) is 6.92 Å². The molecule has 19 heteroatoms. The molecular formula is C54H64N2O17. The average Bonchev–Trinajstić information content (AvgIpc) is 3.38. The minimum atomic E-state index is -1.04. The van der Waals surface area contributed by atoms with E-state index >= 15 is 0 Å². The minimum Gasteiger partial charge on any atom is -0.494 e. The molecule has 0 aliphatic carbocycles. The van der Waals surface area contributed by atoms with Crippen molar-refractivity contribution in [2.45, 2.75) is 71.4 Å². The summed E-state index contributed by atoms with van der Waals surface area (Å²) in [5.74, 6) is -2.30. The molecule has 392 valence electrons. The first kappa shape index (κ1) is 58.0. The quantitative estimate of drug-likeness (QED) is 0.0181. The van der Waals surface area contributed by atoms with Gasteiger partial charge in [-0.2, -0.15) is 0 Å². The van der Waals surface area contributed by atoms with Gasteiger partial charge in [-0.15, -0.1) is 0 Å². The first-order valence-corrected chi connectivity index (χ1v) is 23.9. The third-order valence-electron chi connectivity index (χ3n) is 10.1. The summed E-state index contributed by atoms with van der Waals surface area (Å²) in [6.07, 6.45) is 3.27. The van der Waals surface area contributed by atoms with Crippen LogP contribution >= 0.6 is 0 Å². The van der Waals surface area contributed by atoms with Crippen molar-refractivity contribution in [2.75, 3.05) is 66.6 Å². The van der Waals surface area contributed by atoms with E-state index in [0.29, 0.717) is 73.4 Å². The molecule has 4 rings (SSSR count). The van der Waals surface area contributed by atoms with Crippen LogP contribution in [-0.4, -0.2) is 120 Å². The Bertz CT molecular complexity index is 2370. The van der Waals surface area contributed by atoms with E-state index in [0.717, 1.165) is 0 Å². The summed E-state index contributed by atoms with van der Waals surface area (Å²) in [6, 6.07) is 23.7. The van der Waals surface area contributed by atoms with E-state index in [2.05, 4.69) is 10.6 Å². The van der Waals surface area contributed by atoms with Crippen LogP contribution in [-0.2, 0) is 65.2 Å². The number of hydrogen-bond donors (Lipinski definition) is 2. The molecule has 4 aromatic rings. The van der Waals surface area contributed by atoms with Gasteiger partial charge in [0.05, 0.1) is 72.0 Å². The molecule has 2 N–H and O–H groups in total. The molecule has 0 bridgehead atoms. The van der Waals surface area contributed by atoms with Crippen LogP contribution in [0.25, 0.3) is 0 Å². The molecule has 0 aromatic heterocycles. The van der Waals surface area contributed by atoms with Crippen molar-refractivity contribution in [1.82, 2.24) is 10.6 Å². The summed E-state index contributed by atoms with van der Waals surface area (Å²) in [5, 5.41) is 5.47. The molecule has 0 aliphatic heterocycles. The topological polar surface area (TPSA) is 236 Å². The lowest BCUT2D eigenvalue weighted by atomic mass is 10.0. The van der Waals surface area contributed by atoms with Crippen molar-refractivity contribution in [3.05, 3.63) is 132 Å². The van der Waals surface area contributed by atoms with Gasteiger partial charge in [-0.05, 0) is 117 Å². The van der Waals surface area contributed by atoms with Crippen LogP contribution in [0.15, 0.2) is 109 Å². The minimum absolute atomic E-state index is 0.0391. The van der Waals surface area contributed by atoms with Crippen molar-refractivity contribution in [3.63, 3.8) is 0 Å². The van der Waals surface area contributed by atoms with Gasteiger partial charge in [0.15, 0.2) is 0 Å². The number of esters is 5. The maximum atomic E-state index is 13.2. The van der Waals surface area contributed by atoms with E-state index in [4.69, 9.17) is 47.4 Å². The second-order valence-corrected chi connectivity index (χ2v) is 15.6. The highest BCUT2D eigenvalue weighted by molar-refractivity contribution is 5.97. The van der Waals surface area contributed by atoms with Crippen LogP contribution in [0.4, 0.5) is 0 Å². The Morgan fingerprint density at radius 2 is 0.918 bits per heavy atom. The zero-order chi connectivity index (χ0) is 52.6. The van der Waals surface area contributed by atoms with Crippen LogP contribution < -0.4 is 29.6 Å². The number of carbonyl (C=O) groups excluding carboxylic acids is 7. The predicted molar refractivity (Wildman–Crippen MR) is 264 cm³/mol. The van der Waals surface area contributed by atoms with Gasteiger partial charge in [0, 0.05) is 37.5 Å². The Morgan fingerprint density at radius 3 is 1.40 bits per heavy atom. The van der Waals surface area contributed by atoms with E-state index in [1.54, 1.807) is 99.8 Å². The molecule has 2 atom stereocenters. The van der Waals surface area contributed by atoms with Gasteiger partial charge < -0.3 is 58.0 Å². The van der Waals surface area contributed by atoms with E-state index < -0.39 is 53.7 Å². The van der Waals surface area contributed by atoms with Gasteiger partial charge >= 0.3 is 29.8 Å². The Labute approximate surface area is 424 Å². The standard InChI is InChI=1S/C54H64N2O17/c1-5-67-42-23-15-40(16-24-42)51(60)55-46(53(62)68-6-2)36-38-11-19-44(20-12-38)72-49(58)10-8-9-29-70-43-25-17-41(18-26-43)52(61)56-47(54(63)69-7-3)37-39-13-21-45(22-14-39)73-50(59)28-27-48(57)71-35-34-66-33-32-65-31-30-64-4/h9,11-26,29,46-47H,5-8,10,27-28,30-37H2,1-4H3,(H,55,60)(H,56,61)/b29-9+. The zero-order valence-electron chi connectivity index (χ0n) is 41.6. The van der Waals surface area contributed by atoms with Crippen molar-refractivity contribution >= 4 is 41.7 Å². The monoisotopic (exact) mass is 1010 g/mol. The van der Waals surface area contributed by atoms with Crippen molar-refractivity contribution < 1.29 is 80.9 Å². The summed E-state index contributed by atoms with van der Waals surface area (Å²) in [6.45, 7) is 7.84. The molecule has 2 unspecified atom stereocenters. The highest BCUT2D eigenvalue weighted by Crippen LogP contribution is 2.19. The van der Waals surface area contributed by atoms with Gasteiger partial charge in [-0.3, -0.25) is 24.0 Å². The highest BCUT2D eigenvalue weighted by atomic mass is 16.6. The van der Waals surface area contributed by atoms with Gasteiger partial charge in [-0.1, -0.05) is 24.3 Å². The SMILES string of the molecule is CCOC(=O)C(Cc1ccc(OC(=O)CCC(=O)OCCOCCOCCOC)cc1)NC(=O)c1ccc(O/C=C/CCC(=O)Oc2ccc(CC(NC(=O)c3ccc(OCC)cc3)C(=O)OCC)cc2)cc1. The average molecular weight is 1010 g/mol. The predicted octanol–water partition coefficient (Wildman–Crippen LogP) is 6.08. The lowest BCUT2D eigenvalue weighted by Crippen LogP contribution is -2.43. The van der Waals surface area contributed by atoms with Gasteiger partial charge in [-0.25, -0.2) is 9.59 Å². The number of amides is 2. The molecule has 4 aromatic carbocycles. The molecule has 2 amide bonds. The normalized spacial score (nSPS) is 11.7. The molecule has 0 heterocycles. The molecule has 0 spiro atoms. The van der Waals surface area contributed by atoms with Gasteiger partial charge in [0.2, 0.25) is 0 Å². The fourth-order valence-electron chi connectivity index (χ4n) is 6.48. The zero-order valence-corrected chi connectivity index (χ0v) is 41.6. The van der Waals surface area contributed by atoms with Crippen LogP contribution in [0.2, 0.25) is 0 Å². The number of allylic oxidation sites excluding steroid dienone is 1. The first-order chi connectivity index (χ1) is 35.4. The van der Waals surface area contributed by atoms with Crippen LogP contribution in [0.5, 0.6) is 23.0 Å². The second-order valence-electron chi connectivity index (χ2n) is 15.6. The molecule has 73 heavy (non-hydrogen) atoms. The van der Waals surface area contributed by atoms with Gasteiger partial charge in [0.25, 0.3) is 11.8 Å². The largest absolute Gasteiger partial charge is 0.494 e. The summed E-state index contributed by atoms with van der Waals surface area (Å²) in [7, 11) is 1.58. The van der Waals surface area contributed by atoms with E-state index in [1.165, 1.54) is 30.5 Å². The second kappa shape index (κ2) is 33.1. The number of nitrogens with one attached hydrogen (secondary N) is 2. The molecule has 0 radical (unpaired) electrons. The number of ether oxygens (including phenoxy) is 10. The van der Waals surface area contributed by atoms with Crippen LogP contribution in [0.1, 0.15) is 78.3 Å². The third kappa shape index (κ3) is 22.6. The number of carbonyl (C=O) groups is 7. The highest BCUT2D eigenvalue weighted by Gasteiger charge is 2.25. The fourth-order valence-corrected chi connectivity index (χ4v) is 6.48. The third-order valence-corrected chi connectivity index (χ3v) is 10.1. The van der Waals surface area contributed by atoms with Crippen molar-refractivity contribution in [1.29, 1.82) is 0 Å². The van der Waals surface area contributed by atoms with Crippen molar-refractivity contribution in [2.24, 2.45) is 0 Å². The maximum Gasteiger partial charge on any atom is 0.328 e. The number of benzene rings is 4.